The molecule has 0 aromatic heterocycles. The number of hydrogen-bond donors (Lipinski definition) is 1. The van der Waals surface area contributed by atoms with Crippen molar-refractivity contribution in [2.24, 2.45) is 5.92 Å². The molecule has 0 radical (unpaired) electrons. The Bertz CT molecular complexity index is 369. The zero-order chi connectivity index (χ0) is 13.5. The summed E-state index contributed by atoms with van der Waals surface area (Å²) in [4.78, 5) is 1.17. The SMILES string of the molecule is CC(C)CCNCC(C)Sc1ccc(Cl)c(Cl)c1. The van der Waals surface area contributed by atoms with Gasteiger partial charge < -0.3 is 5.32 Å². The lowest BCUT2D eigenvalue weighted by molar-refractivity contribution is 0.539. The molecule has 0 aliphatic rings. The summed E-state index contributed by atoms with van der Waals surface area (Å²) in [6.45, 7) is 8.81. The van der Waals surface area contributed by atoms with Crippen LogP contribution in [0.25, 0.3) is 0 Å². The number of halogens is 2. The first kappa shape index (κ1) is 16.2. The molecule has 102 valence electrons. The molecule has 0 saturated heterocycles. The van der Waals surface area contributed by atoms with Crippen LogP contribution in [0.4, 0.5) is 0 Å². The third-order valence-corrected chi connectivity index (χ3v) is 4.39. The third kappa shape index (κ3) is 6.33. The van der Waals surface area contributed by atoms with Gasteiger partial charge in [0.15, 0.2) is 0 Å². The molecular weight excluding hydrogens is 285 g/mol. The van der Waals surface area contributed by atoms with Crippen molar-refractivity contribution in [1.29, 1.82) is 0 Å². The van der Waals surface area contributed by atoms with Gasteiger partial charge >= 0.3 is 0 Å². The van der Waals surface area contributed by atoms with Crippen molar-refractivity contribution in [2.45, 2.75) is 37.3 Å². The highest BCUT2D eigenvalue weighted by atomic mass is 35.5. The lowest BCUT2D eigenvalue weighted by Gasteiger charge is -2.13. The van der Waals surface area contributed by atoms with E-state index in [1.807, 2.05) is 30.0 Å². The van der Waals surface area contributed by atoms with Crippen molar-refractivity contribution in [3.63, 3.8) is 0 Å². The second kappa shape index (κ2) is 8.31. The van der Waals surface area contributed by atoms with E-state index in [0.29, 0.717) is 15.3 Å². The van der Waals surface area contributed by atoms with Gasteiger partial charge in [0.25, 0.3) is 0 Å². The predicted octanol–water partition coefficient (Wildman–Crippen LogP) is 5.11. The summed E-state index contributed by atoms with van der Waals surface area (Å²) < 4.78 is 0. The summed E-state index contributed by atoms with van der Waals surface area (Å²) in [6, 6.07) is 5.80. The Hall–Kier alpha value is 0.110. The molecule has 1 aromatic rings. The maximum atomic E-state index is 6.00. The maximum absolute atomic E-state index is 6.00. The van der Waals surface area contributed by atoms with Crippen LogP contribution in [-0.4, -0.2) is 18.3 Å². The van der Waals surface area contributed by atoms with E-state index >= 15 is 0 Å². The van der Waals surface area contributed by atoms with Gasteiger partial charge in [-0.2, -0.15) is 0 Å². The number of nitrogens with one attached hydrogen (secondary N) is 1. The van der Waals surface area contributed by atoms with Gasteiger partial charge in [-0.25, -0.2) is 0 Å². The van der Waals surface area contributed by atoms with Crippen molar-refractivity contribution in [3.05, 3.63) is 28.2 Å². The predicted molar refractivity (Wildman–Crippen MR) is 84.1 cm³/mol. The lowest BCUT2D eigenvalue weighted by atomic mass is 10.1. The van der Waals surface area contributed by atoms with E-state index in [-0.39, 0.29) is 0 Å². The van der Waals surface area contributed by atoms with Gasteiger partial charge in [0.05, 0.1) is 10.0 Å². The molecule has 0 aliphatic heterocycles. The Morgan fingerprint density at radius 2 is 1.89 bits per heavy atom. The summed E-state index contributed by atoms with van der Waals surface area (Å²) in [6.07, 6.45) is 1.23. The van der Waals surface area contributed by atoms with Gasteiger partial charge in [-0.1, -0.05) is 44.0 Å². The molecule has 0 spiro atoms. The number of thioether (sulfide) groups is 1. The average molecular weight is 306 g/mol. The summed E-state index contributed by atoms with van der Waals surface area (Å²) in [5.74, 6) is 0.760. The topological polar surface area (TPSA) is 12.0 Å². The van der Waals surface area contributed by atoms with Crippen LogP contribution in [0.2, 0.25) is 10.0 Å². The second-order valence-corrected chi connectivity index (χ2v) is 7.22. The molecule has 1 atom stereocenters. The van der Waals surface area contributed by atoms with Crippen LogP contribution in [0, 0.1) is 5.92 Å². The Morgan fingerprint density at radius 1 is 1.17 bits per heavy atom. The smallest absolute Gasteiger partial charge is 0.0603 e. The van der Waals surface area contributed by atoms with Crippen molar-refractivity contribution >= 4 is 35.0 Å². The second-order valence-electron chi connectivity index (χ2n) is 4.89. The molecule has 1 unspecified atom stereocenters. The number of rotatable bonds is 7. The van der Waals surface area contributed by atoms with Crippen LogP contribution in [0.15, 0.2) is 23.1 Å². The average Bonchev–Trinajstić information content (AvgIpc) is 2.29. The summed E-state index contributed by atoms with van der Waals surface area (Å²) >= 11 is 13.7. The fraction of sp³-hybridized carbons (Fsp3) is 0.571. The molecule has 4 heteroatoms. The van der Waals surface area contributed by atoms with E-state index < -0.39 is 0 Å². The Balaban J connectivity index is 2.31. The van der Waals surface area contributed by atoms with Crippen molar-refractivity contribution in [1.82, 2.24) is 5.32 Å². The van der Waals surface area contributed by atoms with Gasteiger partial charge in [0.2, 0.25) is 0 Å². The van der Waals surface area contributed by atoms with E-state index in [4.69, 9.17) is 23.2 Å². The quantitative estimate of drug-likeness (QED) is 0.555. The van der Waals surface area contributed by atoms with Crippen LogP contribution in [-0.2, 0) is 0 Å². The molecule has 0 heterocycles. The minimum atomic E-state index is 0.523. The van der Waals surface area contributed by atoms with E-state index in [9.17, 15) is 0 Å². The van der Waals surface area contributed by atoms with Crippen LogP contribution >= 0.6 is 35.0 Å². The highest BCUT2D eigenvalue weighted by Gasteiger charge is 2.06. The molecule has 0 saturated carbocycles. The molecule has 18 heavy (non-hydrogen) atoms. The highest BCUT2D eigenvalue weighted by molar-refractivity contribution is 8.00. The van der Waals surface area contributed by atoms with Gasteiger partial charge in [0, 0.05) is 16.7 Å². The molecule has 0 aliphatic carbocycles. The van der Waals surface area contributed by atoms with Gasteiger partial charge in [-0.05, 0) is 37.1 Å². The van der Waals surface area contributed by atoms with Crippen molar-refractivity contribution < 1.29 is 0 Å². The Kier molecular flexibility index (Phi) is 7.47. The Morgan fingerprint density at radius 3 is 2.50 bits per heavy atom. The van der Waals surface area contributed by atoms with Gasteiger partial charge in [-0.15, -0.1) is 11.8 Å². The maximum Gasteiger partial charge on any atom is 0.0603 e. The minimum absolute atomic E-state index is 0.523. The van der Waals surface area contributed by atoms with E-state index in [0.717, 1.165) is 19.0 Å². The molecule has 1 nitrogen and oxygen atoms in total. The summed E-state index contributed by atoms with van der Waals surface area (Å²) in [7, 11) is 0. The molecule has 0 fully saturated rings. The zero-order valence-electron chi connectivity index (χ0n) is 11.2. The third-order valence-electron chi connectivity index (χ3n) is 2.56. The molecular formula is C14H21Cl2NS. The number of benzene rings is 1. The van der Waals surface area contributed by atoms with Crippen LogP contribution in [0.5, 0.6) is 0 Å². The standard InChI is InChI=1S/C14H21Cl2NS/c1-10(2)6-7-17-9-11(3)18-12-4-5-13(15)14(16)8-12/h4-5,8,10-11,17H,6-7,9H2,1-3H3. The monoisotopic (exact) mass is 305 g/mol. The van der Waals surface area contributed by atoms with Crippen molar-refractivity contribution in [2.75, 3.05) is 13.1 Å². The number of hydrogen-bond acceptors (Lipinski definition) is 2. The normalized spacial score (nSPS) is 13.0. The van der Waals surface area contributed by atoms with E-state index in [1.54, 1.807) is 0 Å². The zero-order valence-corrected chi connectivity index (χ0v) is 13.5. The lowest BCUT2D eigenvalue weighted by Crippen LogP contribution is -2.24. The molecule has 1 rings (SSSR count). The van der Waals surface area contributed by atoms with Gasteiger partial charge in [0.1, 0.15) is 0 Å². The molecule has 0 bridgehead atoms. The molecule has 1 N–H and O–H groups in total. The summed E-state index contributed by atoms with van der Waals surface area (Å²) in [5.41, 5.74) is 0. The van der Waals surface area contributed by atoms with E-state index in [2.05, 4.69) is 26.1 Å². The highest BCUT2D eigenvalue weighted by Crippen LogP contribution is 2.29. The van der Waals surface area contributed by atoms with Crippen LogP contribution < -0.4 is 5.32 Å². The first-order valence-electron chi connectivity index (χ1n) is 6.31. The van der Waals surface area contributed by atoms with Crippen LogP contribution in [0.3, 0.4) is 0 Å². The minimum Gasteiger partial charge on any atom is -0.316 e. The van der Waals surface area contributed by atoms with Crippen LogP contribution in [0.1, 0.15) is 27.2 Å². The molecule has 1 aromatic carbocycles. The largest absolute Gasteiger partial charge is 0.316 e. The molecule has 0 amide bonds. The Labute approximate surface area is 125 Å². The van der Waals surface area contributed by atoms with Gasteiger partial charge in [-0.3, -0.25) is 0 Å². The van der Waals surface area contributed by atoms with E-state index in [1.165, 1.54) is 11.3 Å². The first-order valence-corrected chi connectivity index (χ1v) is 7.95. The van der Waals surface area contributed by atoms with Crippen molar-refractivity contribution in [3.8, 4) is 0 Å². The first-order chi connectivity index (χ1) is 8.49. The summed E-state index contributed by atoms with van der Waals surface area (Å²) in [5, 5.41) is 5.25. The fourth-order valence-electron chi connectivity index (χ4n) is 1.52. The fourth-order valence-corrected chi connectivity index (χ4v) is 2.88.